The molecule has 0 amide bonds. The highest BCUT2D eigenvalue weighted by atomic mass is 16.6. The summed E-state index contributed by atoms with van der Waals surface area (Å²) >= 11 is 0. The van der Waals surface area contributed by atoms with E-state index in [1.807, 2.05) is 13.0 Å². The Morgan fingerprint density at radius 3 is 2.86 bits per heavy atom. The molecule has 5 heteroatoms. The minimum Gasteiger partial charge on any atom is -0.371 e. The number of hydrogen-bond acceptors (Lipinski definition) is 4. The van der Waals surface area contributed by atoms with Gasteiger partial charge in [-0.1, -0.05) is 19.3 Å². The van der Waals surface area contributed by atoms with Crippen LogP contribution in [-0.4, -0.2) is 15.9 Å². The Morgan fingerprint density at radius 2 is 2.24 bits per heavy atom. The molecule has 5 nitrogen and oxygen atoms in total. The second kappa shape index (κ2) is 6.23. The molecule has 1 unspecified atom stereocenters. The number of anilines is 1. The van der Waals surface area contributed by atoms with E-state index in [2.05, 4.69) is 23.1 Å². The van der Waals surface area contributed by atoms with Crippen molar-refractivity contribution in [3.8, 4) is 12.3 Å². The molecular formula is C16H17N3O2. The van der Waals surface area contributed by atoms with Gasteiger partial charge in [0.1, 0.15) is 0 Å². The van der Waals surface area contributed by atoms with Crippen LogP contribution in [-0.2, 0) is 0 Å². The molecule has 1 atom stereocenters. The SMILES string of the molecule is C#CC(CCC)Nc1ccc([N+](=O)[O-])c2cnc(C)cc12. The molecule has 0 aliphatic carbocycles. The number of terminal acetylenes is 1. The third kappa shape index (κ3) is 3.11. The second-order valence-corrected chi connectivity index (χ2v) is 4.91. The van der Waals surface area contributed by atoms with Crippen LogP contribution in [0.4, 0.5) is 11.4 Å². The van der Waals surface area contributed by atoms with Crippen LogP contribution < -0.4 is 5.32 Å². The van der Waals surface area contributed by atoms with Gasteiger partial charge in [-0.3, -0.25) is 15.1 Å². The number of nitro groups is 1. The van der Waals surface area contributed by atoms with Crippen molar-refractivity contribution in [3.05, 3.63) is 40.2 Å². The van der Waals surface area contributed by atoms with Crippen molar-refractivity contribution < 1.29 is 4.92 Å². The zero-order valence-corrected chi connectivity index (χ0v) is 12.1. The summed E-state index contributed by atoms with van der Waals surface area (Å²) < 4.78 is 0. The van der Waals surface area contributed by atoms with Crippen LogP contribution in [0.3, 0.4) is 0 Å². The standard InChI is InChI=1S/C16H17N3O2/c1-4-6-12(5-2)18-15-7-8-16(19(20)21)14-10-17-11(3)9-13(14)15/h2,7-10,12,18H,4,6H2,1,3H3. The third-order valence-electron chi connectivity index (χ3n) is 3.32. The first-order valence-corrected chi connectivity index (χ1v) is 6.83. The van der Waals surface area contributed by atoms with Gasteiger partial charge in [-0.05, 0) is 25.5 Å². The highest BCUT2D eigenvalue weighted by Gasteiger charge is 2.16. The molecule has 1 aromatic carbocycles. The van der Waals surface area contributed by atoms with Gasteiger partial charge in [0.2, 0.25) is 0 Å². The number of rotatable bonds is 5. The number of fused-ring (bicyclic) bond motifs is 1. The van der Waals surface area contributed by atoms with Crippen LogP contribution in [0.1, 0.15) is 25.5 Å². The van der Waals surface area contributed by atoms with Gasteiger partial charge < -0.3 is 5.32 Å². The predicted molar refractivity (Wildman–Crippen MR) is 84.3 cm³/mol. The van der Waals surface area contributed by atoms with E-state index >= 15 is 0 Å². The molecule has 2 rings (SSSR count). The summed E-state index contributed by atoms with van der Waals surface area (Å²) in [4.78, 5) is 14.9. The Hall–Kier alpha value is -2.61. The van der Waals surface area contributed by atoms with Crippen molar-refractivity contribution in [1.82, 2.24) is 4.98 Å². The molecule has 2 aromatic rings. The Morgan fingerprint density at radius 1 is 1.48 bits per heavy atom. The normalized spacial score (nSPS) is 11.9. The molecule has 0 saturated carbocycles. The van der Waals surface area contributed by atoms with Gasteiger partial charge in [-0.25, -0.2) is 0 Å². The minimum absolute atomic E-state index is 0.0517. The Bertz CT molecular complexity index is 719. The Balaban J connectivity index is 2.55. The molecule has 0 spiro atoms. The average Bonchev–Trinajstić information content (AvgIpc) is 2.46. The summed E-state index contributed by atoms with van der Waals surface area (Å²) in [6.07, 6.45) is 8.88. The van der Waals surface area contributed by atoms with Crippen molar-refractivity contribution in [2.75, 3.05) is 5.32 Å². The predicted octanol–water partition coefficient (Wildman–Crippen LogP) is 3.67. The van der Waals surface area contributed by atoms with Gasteiger partial charge in [-0.15, -0.1) is 6.42 Å². The molecule has 0 radical (unpaired) electrons. The highest BCUT2D eigenvalue weighted by molar-refractivity contribution is 5.99. The number of hydrogen-bond donors (Lipinski definition) is 1. The molecule has 21 heavy (non-hydrogen) atoms. The number of nitrogens with one attached hydrogen (secondary N) is 1. The third-order valence-corrected chi connectivity index (χ3v) is 3.32. The van der Waals surface area contributed by atoms with Crippen LogP contribution in [0.5, 0.6) is 0 Å². The number of pyridine rings is 1. The van der Waals surface area contributed by atoms with E-state index in [-0.39, 0.29) is 11.7 Å². The van der Waals surface area contributed by atoms with E-state index in [1.165, 1.54) is 6.07 Å². The molecule has 1 aromatic heterocycles. The number of benzene rings is 1. The van der Waals surface area contributed by atoms with E-state index in [1.54, 1.807) is 12.3 Å². The summed E-state index contributed by atoms with van der Waals surface area (Å²) in [7, 11) is 0. The van der Waals surface area contributed by atoms with E-state index < -0.39 is 4.92 Å². The molecule has 0 bridgehead atoms. The van der Waals surface area contributed by atoms with Crippen molar-refractivity contribution in [3.63, 3.8) is 0 Å². The zero-order valence-electron chi connectivity index (χ0n) is 12.1. The fourth-order valence-corrected chi connectivity index (χ4v) is 2.29. The van der Waals surface area contributed by atoms with E-state index in [9.17, 15) is 10.1 Å². The lowest BCUT2D eigenvalue weighted by Crippen LogP contribution is -2.17. The van der Waals surface area contributed by atoms with Gasteiger partial charge in [0.05, 0.1) is 16.4 Å². The van der Waals surface area contributed by atoms with Gasteiger partial charge in [-0.2, -0.15) is 0 Å². The largest absolute Gasteiger partial charge is 0.371 e. The number of aryl methyl sites for hydroxylation is 1. The molecule has 1 N–H and O–H groups in total. The van der Waals surface area contributed by atoms with Gasteiger partial charge >= 0.3 is 0 Å². The number of aromatic nitrogens is 1. The van der Waals surface area contributed by atoms with Gasteiger partial charge in [0, 0.05) is 29.0 Å². The van der Waals surface area contributed by atoms with E-state index in [0.29, 0.717) is 5.39 Å². The number of nitro benzene ring substituents is 1. The summed E-state index contributed by atoms with van der Waals surface area (Å²) in [6, 6.07) is 4.94. The molecule has 0 aliphatic heterocycles. The summed E-state index contributed by atoms with van der Waals surface area (Å²) in [5.74, 6) is 2.71. The summed E-state index contributed by atoms with van der Waals surface area (Å²) in [6.45, 7) is 3.92. The highest BCUT2D eigenvalue weighted by Crippen LogP contribution is 2.31. The fraction of sp³-hybridized carbons (Fsp3) is 0.312. The molecule has 0 fully saturated rings. The first-order valence-electron chi connectivity index (χ1n) is 6.83. The maximum absolute atomic E-state index is 11.1. The summed E-state index contributed by atoms with van der Waals surface area (Å²) in [5, 5.41) is 15.7. The Labute approximate surface area is 123 Å². The van der Waals surface area contributed by atoms with E-state index in [0.717, 1.165) is 29.6 Å². The second-order valence-electron chi connectivity index (χ2n) is 4.91. The van der Waals surface area contributed by atoms with Crippen LogP contribution in [0, 0.1) is 29.4 Å². The molecule has 108 valence electrons. The van der Waals surface area contributed by atoms with Crippen molar-refractivity contribution in [2.24, 2.45) is 0 Å². The van der Waals surface area contributed by atoms with E-state index in [4.69, 9.17) is 6.42 Å². The average molecular weight is 283 g/mol. The zero-order chi connectivity index (χ0) is 15.4. The van der Waals surface area contributed by atoms with Crippen molar-refractivity contribution in [1.29, 1.82) is 0 Å². The van der Waals surface area contributed by atoms with Crippen molar-refractivity contribution >= 4 is 22.1 Å². The number of non-ortho nitro benzene ring substituents is 1. The smallest absolute Gasteiger partial charge is 0.278 e. The Kier molecular flexibility index (Phi) is 4.39. The summed E-state index contributed by atoms with van der Waals surface area (Å²) in [5.41, 5.74) is 1.66. The maximum Gasteiger partial charge on any atom is 0.278 e. The number of nitrogens with zero attached hydrogens (tertiary/aromatic N) is 2. The first kappa shape index (κ1) is 14.8. The van der Waals surface area contributed by atoms with Crippen LogP contribution in [0.15, 0.2) is 24.4 Å². The quantitative estimate of drug-likeness (QED) is 0.516. The van der Waals surface area contributed by atoms with Crippen LogP contribution in [0.2, 0.25) is 0 Å². The molecule has 0 saturated heterocycles. The topological polar surface area (TPSA) is 68.1 Å². The monoisotopic (exact) mass is 283 g/mol. The fourth-order valence-electron chi connectivity index (χ4n) is 2.29. The van der Waals surface area contributed by atoms with Crippen molar-refractivity contribution in [2.45, 2.75) is 32.7 Å². The first-order chi connectivity index (χ1) is 10.1. The maximum atomic E-state index is 11.1. The molecule has 1 heterocycles. The molecular weight excluding hydrogens is 266 g/mol. The minimum atomic E-state index is -0.395. The van der Waals surface area contributed by atoms with Crippen LogP contribution in [0.25, 0.3) is 10.8 Å². The molecule has 0 aliphatic rings. The lowest BCUT2D eigenvalue weighted by Gasteiger charge is -2.15. The lowest BCUT2D eigenvalue weighted by atomic mass is 10.1. The van der Waals surface area contributed by atoms with Gasteiger partial charge in [0.15, 0.2) is 0 Å². The van der Waals surface area contributed by atoms with Crippen LogP contribution >= 0.6 is 0 Å². The van der Waals surface area contributed by atoms with Gasteiger partial charge in [0.25, 0.3) is 5.69 Å². The lowest BCUT2D eigenvalue weighted by molar-refractivity contribution is -0.383.